The van der Waals surface area contributed by atoms with E-state index in [1.807, 2.05) is 24.5 Å². The summed E-state index contributed by atoms with van der Waals surface area (Å²) in [6, 6.07) is 6.51. The first-order valence-corrected chi connectivity index (χ1v) is 7.06. The molecule has 0 aliphatic carbocycles. The second kappa shape index (κ2) is 6.92. The maximum absolute atomic E-state index is 4.43. The minimum atomic E-state index is 0.548. The van der Waals surface area contributed by atoms with Crippen LogP contribution in [0, 0.1) is 0 Å². The predicted octanol–water partition coefficient (Wildman–Crippen LogP) is 3.65. The van der Waals surface area contributed by atoms with E-state index in [-0.39, 0.29) is 0 Å². The second-order valence-corrected chi connectivity index (χ2v) is 4.77. The van der Waals surface area contributed by atoms with Crippen molar-refractivity contribution >= 4 is 5.69 Å². The van der Waals surface area contributed by atoms with Crippen molar-refractivity contribution in [3.8, 4) is 5.82 Å². The number of hydrogen-bond donors (Lipinski definition) is 1. The van der Waals surface area contributed by atoms with E-state index in [2.05, 4.69) is 35.3 Å². The smallest absolute Gasteiger partial charge is 0.153 e. The van der Waals surface area contributed by atoms with E-state index in [1.165, 1.54) is 25.7 Å². The Kier molecular flexibility index (Phi) is 4.95. The van der Waals surface area contributed by atoms with Crippen molar-refractivity contribution in [2.75, 3.05) is 5.32 Å². The minimum absolute atomic E-state index is 0.548. The molecule has 4 nitrogen and oxygen atoms in total. The first kappa shape index (κ1) is 13.6. The third kappa shape index (κ3) is 3.81. The normalized spacial score (nSPS) is 10.9. The number of pyridine rings is 1. The largest absolute Gasteiger partial charge is 0.381 e. The summed E-state index contributed by atoms with van der Waals surface area (Å²) in [6.07, 6.45) is 10.4. The highest BCUT2D eigenvalue weighted by Crippen LogP contribution is 2.14. The van der Waals surface area contributed by atoms with Crippen LogP contribution in [0.15, 0.2) is 36.8 Å². The Bertz CT molecular complexity index is 455. The Morgan fingerprint density at radius 1 is 1.21 bits per heavy atom. The third-order valence-corrected chi connectivity index (χ3v) is 3.13. The van der Waals surface area contributed by atoms with Crippen LogP contribution in [0.3, 0.4) is 0 Å². The zero-order valence-electron chi connectivity index (χ0n) is 11.7. The Hall–Kier alpha value is -1.84. The molecule has 2 aromatic heterocycles. The van der Waals surface area contributed by atoms with Gasteiger partial charge in [-0.2, -0.15) is 5.10 Å². The SMILES string of the molecule is CCCC(CCC)Nc1ccc(-n2cccn2)nc1. The van der Waals surface area contributed by atoms with Crippen molar-refractivity contribution in [2.24, 2.45) is 0 Å². The molecule has 0 spiro atoms. The van der Waals surface area contributed by atoms with E-state index in [9.17, 15) is 0 Å². The first-order chi connectivity index (χ1) is 9.33. The number of rotatable bonds is 7. The molecule has 102 valence electrons. The quantitative estimate of drug-likeness (QED) is 0.824. The fourth-order valence-electron chi connectivity index (χ4n) is 2.23. The molecule has 0 saturated heterocycles. The molecule has 2 aromatic rings. The van der Waals surface area contributed by atoms with Gasteiger partial charge in [-0.1, -0.05) is 26.7 Å². The van der Waals surface area contributed by atoms with E-state index < -0.39 is 0 Å². The highest BCUT2D eigenvalue weighted by Gasteiger charge is 2.06. The van der Waals surface area contributed by atoms with Crippen LogP contribution >= 0.6 is 0 Å². The topological polar surface area (TPSA) is 42.7 Å². The van der Waals surface area contributed by atoms with E-state index in [0.29, 0.717) is 6.04 Å². The standard InChI is InChI=1S/C15H22N4/c1-3-6-13(7-4-2)18-14-8-9-15(16-12-14)19-11-5-10-17-19/h5,8-13,18H,3-4,6-7H2,1-2H3. The van der Waals surface area contributed by atoms with Crippen LogP contribution in [0.5, 0.6) is 0 Å². The zero-order chi connectivity index (χ0) is 13.5. The summed E-state index contributed by atoms with van der Waals surface area (Å²) in [7, 11) is 0. The molecule has 0 amide bonds. The Morgan fingerprint density at radius 3 is 2.53 bits per heavy atom. The van der Waals surface area contributed by atoms with E-state index in [0.717, 1.165) is 11.5 Å². The van der Waals surface area contributed by atoms with Gasteiger partial charge in [-0.15, -0.1) is 0 Å². The van der Waals surface area contributed by atoms with Gasteiger partial charge in [-0.3, -0.25) is 0 Å². The monoisotopic (exact) mass is 258 g/mol. The van der Waals surface area contributed by atoms with Crippen LogP contribution in [0.2, 0.25) is 0 Å². The number of anilines is 1. The van der Waals surface area contributed by atoms with Gasteiger partial charge in [0.2, 0.25) is 0 Å². The molecule has 2 rings (SSSR count). The molecule has 0 atom stereocenters. The highest BCUT2D eigenvalue weighted by molar-refractivity contribution is 5.44. The van der Waals surface area contributed by atoms with Crippen molar-refractivity contribution in [1.29, 1.82) is 0 Å². The van der Waals surface area contributed by atoms with Gasteiger partial charge >= 0.3 is 0 Å². The lowest BCUT2D eigenvalue weighted by molar-refractivity contribution is 0.586. The lowest BCUT2D eigenvalue weighted by Gasteiger charge is -2.18. The van der Waals surface area contributed by atoms with Gasteiger partial charge in [0.15, 0.2) is 5.82 Å². The fraction of sp³-hybridized carbons (Fsp3) is 0.467. The van der Waals surface area contributed by atoms with Crippen LogP contribution < -0.4 is 5.32 Å². The lowest BCUT2D eigenvalue weighted by atomic mass is 10.1. The average molecular weight is 258 g/mol. The van der Waals surface area contributed by atoms with E-state index in [4.69, 9.17) is 0 Å². The second-order valence-electron chi connectivity index (χ2n) is 4.77. The summed E-state index contributed by atoms with van der Waals surface area (Å²) in [4.78, 5) is 4.43. The summed E-state index contributed by atoms with van der Waals surface area (Å²) in [6.45, 7) is 4.45. The summed E-state index contributed by atoms with van der Waals surface area (Å²) in [5.74, 6) is 0.845. The van der Waals surface area contributed by atoms with Crippen LogP contribution in [0.4, 0.5) is 5.69 Å². The molecule has 19 heavy (non-hydrogen) atoms. The number of aromatic nitrogens is 3. The molecular formula is C15H22N4. The summed E-state index contributed by atoms with van der Waals surface area (Å²) in [5.41, 5.74) is 1.09. The number of hydrogen-bond acceptors (Lipinski definition) is 3. The third-order valence-electron chi connectivity index (χ3n) is 3.13. The summed E-state index contributed by atoms with van der Waals surface area (Å²) < 4.78 is 1.76. The van der Waals surface area contributed by atoms with Gasteiger partial charge in [-0.05, 0) is 31.0 Å². The lowest BCUT2D eigenvalue weighted by Crippen LogP contribution is -2.19. The van der Waals surface area contributed by atoms with Crippen molar-refractivity contribution in [3.05, 3.63) is 36.8 Å². The van der Waals surface area contributed by atoms with Crippen LogP contribution in [-0.4, -0.2) is 20.8 Å². The van der Waals surface area contributed by atoms with Gasteiger partial charge < -0.3 is 5.32 Å². The minimum Gasteiger partial charge on any atom is -0.381 e. The molecule has 0 saturated carbocycles. The van der Waals surface area contributed by atoms with Crippen molar-refractivity contribution in [2.45, 2.75) is 45.6 Å². The Labute approximate surface area is 114 Å². The van der Waals surface area contributed by atoms with Crippen molar-refractivity contribution < 1.29 is 0 Å². The van der Waals surface area contributed by atoms with Crippen LogP contribution in [0.25, 0.3) is 5.82 Å². The highest BCUT2D eigenvalue weighted by atomic mass is 15.3. The number of nitrogens with one attached hydrogen (secondary N) is 1. The molecule has 0 unspecified atom stereocenters. The maximum atomic E-state index is 4.43. The predicted molar refractivity (Wildman–Crippen MR) is 78.6 cm³/mol. The van der Waals surface area contributed by atoms with Crippen LogP contribution in [0.1, 0.15) is 39.5 Å². The molecule has 1 N–H and O–H groups in total. The molecule has 4 heteroatoms. The fourth-order valence-corrected chi connectivity index (χ4v) is 2.23. The molecule has 0 radical (unpaired) electrons. The van der Waals surface area contributed by atoms with E-state index >= 15 is 0 Å². The van der Waals surface area contributed by atoms with Gasteiger partial charge in [0.1, 0.15) is 0 Å². The molecule has 0 bridgehead atoms. The summed E-state index contributed by atoms with van der Waals surface area (Å²) in [5, 5.41) is 7.73. The molecule has 0 fully saturated rings. The first-order valence-electron chi connectivity index (χ1n) is 7.06. The van der Waals surface area contributed by atoms with Gasteiger partial charge in [0.05, 0.1) is 11.9 Å². The Balaban J connectivity index is 2.01. The van der Waals surface area contributed by atoms with Crippen LogP contribution in [-0.2, 0) is 0 Å². The molecule has 0 aliphatic heterocycles. The molecule has 0 aliphatic rings. The molecule has 0 aromatic carbocycles. The van der Waals surface area contributed by atoms with Crippen molar-refractivity contribution in [3.63, 3.8) is 0 Å². The summed E-state index contributed by atoms with van der Waals surface area (Å²) >= 11 is 0. The average Bonchev–Trinajstić information content (AvgIpc) is 2.94. The van der Waals surface area contributed by atoms with Gasteiger partial charge in [0, 0.05) is 18.4 Å². The van der Waals surface area contributed by atoms with Gasteiger partial charge in [0.25, 0.3) is 0 Å². The van der Waals surface area contributed by atoms with Gasteiger partial charge in [-0.25, -0.2) is 9.67 Å². The molecular weight excluding hydrogens is 236 g/mol. The Morgan fingerprint density at radius 2 is 2.00 bits per heavy atom. The molecule has 2 heterocycles. The number of nitrogens with zero attached hydrogens (tertiary/aromatic N) is 3. The van der Waals surface area contributed by atoms with E-state index in [1.54, 1.807) is 10.9 Å². The zero-order valence-corrected chi connectivity index (χ0v) is 11.7. The van der Waals surface area contributed by atoms with Crippen molar-refractivity contribution in [1.82, 2.24) is 14.8 Å². The maximum Gasteiger partial charge on any atom is 0.153 e.